The van der Waals surface area contributed by atoms with E-state index in [-0.39, 0.29) is 11.2 Å². The normalized spacial score (nSPS) is 12.1. The number of carbonyl (C=O) groups excluding carboxylic acids is 1. The highest BCUT2D eigenvalue weighted by molar-refractivity contribution is 5.95. The smallest absolute Gasteiger partial charge is 0.253 e. The Morgan fingerprint density at radius 2 is 1.77 bits per heavy atom. The Kier molecular flexibility index (Phi) is 5.42. The average Bonchev–Trinajstić information content (AvgIpc) is 3.10. The second kappa shape index (κ2) is 8.18. The van der Waals surface area contributed by atoms with E-state index < -0.39 is 17.8 Å². The fourth-order valence-electron chi connectivity index (χ4n) is 3.94. The van der Waals surface area contributed by atoms with Crippen LogP contribution in [0.4, 0.5) is 10.1 Å². The summed E-state index contributed by atoms with van der Waals surface area (Å²) in [4.78, 5) is 26.3. The molecule has 1 N–H and O–H groups in total. The van der Waals surface area contributed by atoms with Gasteiger partial charge in [0.25, 0.3) is 5.56 Å². The van der Waals surface area contributed by atoms with Crippen LogP contribution >= 0.6 is 0 Å². The molecule has 0 saturated carbocycles. The van der Waals surface area contributed by atoms with Crippen molar-refractivity contribution in [3.63, 3.8) is 0 Å². The second-order valence-corrected chi connectivity index (χ2v) is 7.46. The molecule has 6 nitrogen and oxygen atoms in total. The lowest BCUT2D eigenvalue weighted by Gasteiger charge is -2.21. The maximum absolute atomic E-state index is 14.1. The summed E-state index contributed by atoms with van der Waals surface area (Å²) in [6, 6.07) is 16.1. The molecule has 4 rings (SSSR count). The molecular weight excluding hydrogens is 395 g/mol. The zero-order chi connectivity index (χ0) is 22.1. The van der Waals surface area contributed by atoms with Crippen molar-refractivity contribution in [1.82, 2.24) is 14.3 Å². The maximum Gasteiger partial charge on any atom is 0.253 e. The van der Waals surface area contributed by atoms with Gasteiger partial charge in [0.2, 0.25) is 5.91 Å². The van der Waals surface area contributed by atoms with E-state index in [4.69, 9.17) is 0 Å². The first-order valence-electron chi connectivity index (χ1n) is 10.1. The Labute approximate surface area is 178 Å². The first-order valence-corrected chi connectivity index (χ1v) is 10.1. The number of carbonyl (C=O) groups is 1. The third kappa shape index (κ3) is 3.63. The molecule has 31 heavy (non-hydrogen) atoms. The van der Waals surface area contributed by atoms with Crippen LogP contribution in [-0.4, -0.2) is 20.3 Å². The Morgan fingerprint density at radius 3 is 2.45 bits per heavy atom. The number of benzene rings is 2. The highest BCUT2D eigenvalue weighted by Crippen LogP contribution is 2.27. The summed E-state index contributed by atoms with van der Waals surface area (Å²) in [6.07, 6.45) is 0.345. The number of aromatic nitrogens is 3. The Morgan fingerprint density at radius 1 is 1.10 bits per heavy atom. The minimum absolute atomic E-state index is 0.0788. The van der Waals surface area contributed by atoms with Gasteiger partial charge in [0.05, 0.1) is 17.1 Å². The lowest BCUT2D eigenvalue weighted by molar-refractivity contribution is -0.119. The number of anilines is 1. The van der Waals surface area contributed by atoms with Gasteiger partial charge in [-0.2, -0.15) is 5.10 Å². The van der Waals surface area contributed by atoms with Crippen molar-refractivity contribution in [2.75, 3.05) is 5.32 Å². The van der Waals surface area contributed by atoms with Crippen molar-refractivity contribution in [2.24, 2.45) is 0 Å². The molecule has 1 unspecified atom stereocenters. The van der Waals surface area contributed by atoms with Gasteiger partial charge in [-0.1, -0.05) is 37.3 Å². The molecule has 0 aliphatic heterocycles. The van der Waals surface area contributed by atoms with Crippen LogP contribution in [0.1, 0.15) is 30.6 Å². The second-order valence-electron chi connectivity index (χ2n) is 7.46. The molecule has 1 amide bonds. The number of fused-ring (bicyclic) bond motifs is 1. The summed E-state index contributed by atoms with van der Waals surface area (Å²) in [5, 5.41) is 8.11. The summed E-state index contributed by atoms with van der Waals surface area (Å²) in [6.45, 7) is 5.56. The van der Waals surface area contributed by atoms with Crippen LogP contribution in [0.15, 0.2) is 65.5 Å². The third-order valence-electron chi connectivity index (χ3n) is 5.37. The summed E-state index contributed by atoms with van der Waals surface area (Å²) >= 11 is 0. The van der Waals surface area contributed by atoms with Crippen LogP contribution in [-0.2, 0) is 4.79 Å². The van der Waals surface area contributed by atoms with Crippen molar-refractivity contribution in [2.45, 2.75) is 33.2 Å². The van der Waals surface area contributed by atoms with Crippen LogP contribution < -0.4 is 10.9 Å². The molecule has 0 bridgehead atoms. The van der Waals surface area contributed by atoms with E-state index in [1.807, 2.05) is 51.1 Å². The highest BCUT2D eigenvalue weighted by atomic mass is 19.1. The van der Waals surface area contributed by atoms with Gasteiger partial charge in [-0.25, -0.2) is 9.07 Å². The molecule has 0 aliphatic carbocycles. The van der Waals surface area contributed by atoms with Gasteiger partial charge >= 0.3 is 0 Å². The topological polar surface area (TPSA) is 68.9 Å². The SMILES string of the molecule is CCC(C(=O)Nc1ccccc1F)n1c(=O)cc(C)c2c(C)nn(-c3ccccc3)c21. The van der Waals surface area contributed by atoms with Crippen molar-refractivity contribution in [3.05, 3.63) is 88.1 Å². The van der Waals surface area contributed by atoms with Gasteiger partial charge in [-0.15, -0.1) is 0 Å². The molecule has 0 saturated heterocycles. The lowest BCUT2D eigenvalue weighted by Crippen LogP contribution is -2.34. The minimum Gasteiger partial charge on any atom is -0.322 e. The number of nitrogens with one attached hydrogen (secondary N) is 1. The molecule has 0 fully saturated rings. The number of hydrogen-bond acceptors (Lipinski definition) is 3. The van der Waals surface area contributed by atoms with Crippen LogP contribution in [0.3, 0.4) is 0 Å². The summed E-state index contributed by atoms with van der Waals surface area (Å²) in [7, 11) is 0. The standard InChI is InChI=1S/C24H23FN4O2/c1-4-20(23(31)26-19-13-9-8-12-18(19)25)28-21(30)14-15(2)22-16(3)27-29(24(22)28)17-10-6-5-7-11-17/h5-14,20H,4H2,1-3H3,(H,26,31). The number of pyridine rings is 1. The molecule has 0 radical (unpaired) electrons. The molecule has 2 aromatic heterocycles. The lowest BCUT2D eigenvalue weighted by atomic mass is 10.1. The average molecular weight is 418 g/mol. The van der Waals surface area contributed by atoms with Crippen molar-refractivity contribution < 1.29 is 9.18 Å². The van der Waals surface area contributed by atoms with Gasteiger partial charge in [0, 0.05) is 11.5 Å². The van der Waals surface area contributed by atoms with Crippen molar-refractivity contribution >= 4 is 22.6 Å². The van der Waals surface area contributed by atoms with E-state index in [2.05, 4.69) is 10.4 Å². The maximum atomic E-state index is 14.1. The first kappa shape index (κ1) is 20.5. The monoisotopic (exact) mass is 418 g/mol. The van der Waals surface area contributed by atoms with Gasteiger partial charge in [-0.05, 0) is 50.1 Å². The molecule has 2 aromatic carbocycles. The van der Waals surface area contributed by atoms with E-state index in [9.17, 15) is 14.0 Å². The Hall–Kier alpha value is -3.74. The first-order chi connectivity index (χ1) is 14.9. The van der Waals surface area contributed by atoms with Crippen LogP contribution in [0.2, 0.25) is 0 Å². The van der Waals surface area contributed by atoms with Crippen LogP contribution in [0.5, 0.6) is 0 Å². The van der Waals surface area contributed by atoms with E-state index in [1.54, 1.807) is 16.8 Å². The van der Waals surface area contributed by atoms with E-state index in [0.717, 1.165) is 22.3 Å². The molecular formula is C24H23FN4O2. The molecule has 0 spiro atoms. The van der Waals surface area contributed by atoms with E-state index in [1.165, 1.54) is 22.8 Å². The minimum atomic E-state index is -0.839. The number of rotatable bonds is 5. The van der Waals surface area contributed by atoms with Gasteiger partial charge < -0.3 is 5.32 Å². The molecule has 0 aliphatic rings. The predicted octanol–water partition coefficient (Wildman–Crippen LogP) is 4.53. The van der Waals surface area contributed by atoms with Crippen molar-refractivity contribution in [1.29, 1.82) is 0 Å². The molecule has 7 heteroatoms. The van der Waals surface area contributed by atoms with Crippen molar-refractivity contribution in [3.8, 4) is 5.69 Å². The Balaban J connectivity index is 1.92. The van der Waals surface area contributed by atoms with E-state index >= 15 is 0 Å². The van der Waals surface area contributed by atoms with Gasteiger partial charge in [0.1, 0.15) is 17.5 Å². The summed E-state index contributed by atoms with van der Waals surface area (Å²) < 4.78 is 17.3. The molecule has 4 aromatic rings. The third-order valence-corrected chi connectivity index (χ3v) is 5.37. The molecule has 1 atom stereocenters. The zero-order valence-corrected chi connectivity index (χ0v) is 17.6. The zero-order valence-electron chi connectivity index (χ0n) is 17.6. The molecule has 158 valence electrons. The number of hydrogen-bond donors (Lipinski definition) is 1. The highest BCUT2D eigenvalue weighted by Gasteiger charge is 2.26. The van der Waals surface area contributed by atoms with Crippen LogP contribution in [0.25, 0.3) is 16.7 Å². The number of nitrogens with zero attached hydrogens (tertiary/aromatic N) is 3. The quantitative estimate of drug-likeness (QED) is 0.518. The fourth-order valence-corrected chi connectivity index (χ4v) is 3.94. The predicted molar refractivity (Wildman–Crippen MR) is 119 cm³/mol. The number of amides is 1. The Bertz CT molecular complexity index is 1320. The van der Waals surface area contributed by atoms with Gasteiger partial charge in [0.15, 0.2) is 0 Å². The van der Waals surface area contributed by atoms with Crippen LogP contribution in [0, 0.1) is 19.7 Å². The number of halogens is 1. The molecule has 2 heterocycles. The van der Waals surface area contributed by atoms with Gasteiger partial charge in [-0.3, -0.25) is 14.2 Å². The number of aryl methyl sites for hydroxylation is 2. The fraction of sp³-hybridized carbons (Fsp3) is 0.208. The summed E-state index contributed by atoms with van der Waals surface area (Å²) in [5.41, 5.74) is 2.65. The van der Waals surface area contributed by atoms with E-state index in [0.29, 0.717) is 12.1 Å². The summed E-state index contributed by atoms with van der Waals surface area (Å²) in [5.74, 6) is -0.990. The number of para-hydroxylation sites is 2. The largest absolute Gasteiger partial charge is 0.322 e.